The molecule has 1 aromatic carbocycles. The second kappa shape index (κ2) is 6.84. The van der Waals surface area contributed by atoms with Crippen LogP contribution in [0.25, 0.3) is 0 Å². The monoisotopic (exact) mass is 296 g/mol. The van der Waals surface area contributed by atoms with Crippen LogP contribution < -0.4 is 5.32 Å². The Morgan fingerprint density at radius 2 is 2.10 bits per heavy atom. The van der Waals surface area contributed by atoms with E-state index in [2.05, 4.69) is 31.0 Å². The SMILES string of the molecule is CCCC1CN(Cc2cc(F)ccc2F)C(C)(CC)CN1. The summed E-state index contributed by atoms with van der Waals surface area (Å²) in [7, 11) is 0. The first kappa shape index (κ1) is 16.4. The van der Waals surface area contributed by atoms with Crippen LogP contribution >= 0.6 is 0 Å². The third-order valence-corrected chi connectivity index (χ3v) is 4.74. The predicted octanol–water partition coefficient (Wildman–Crippen LogP) is 3.71. The third-order valence-electron chi connectivity index (χ3n) is 4.74. The van der Waals surface area contributed by atoms with Gasteiger partial charge in [0.1, 0.15) is 11.6 Å². The molecule has 118 valence electrons. The zero-order valence-electron chi connectivity index (χ0n) is 13.3. The van der Waals surface area contributed by atoms with Crippen molar-refractivity contribution in [2.75, 3.05) is 13.1 Å². The normalized spacial score (nSPS) is 27.0. The minimum absolute atomic E-state index is 0.0109. The summed E-state index contributed by atoms with van der Waals surface area (Å²) in [4.78, 5) is 2.31. The van der Waals surface area contributed by atoms with Gasteiger partial charge in [0, 0.05) is 36.8 Å². The molecule has 1 aromatic rings. The molecule has 1 aliphatic rings. The highest BCUT2D eigenvalue weighted by atomic mass is 19.1. The highest BCUT2D eigenvalue weighted by Gasteiger charge is 2.36. The second-order valence-electron chi connectivity index (χ2n) is 6.33. The Morgan fingerprint density at radius 1 is 1.33 bits per heavy atom. The number of nitrogens with zero attached hydrogens (tertiary/aromatic N) is 1. The Bertz CT molecular complexity index is 478. The Morgan fingerprint density at radius 3 is 2.76 bits per heavy atom. The van der Waals surface area contributed by atoms with Gasteiger partial charge in [-0.3, -0.25) is 4.90 Å². The molecule has 0 bridgehead atoms. The first-order chi connectivity index (χ1) is 9.98. The Kier molecular flexibility index (Phi) is 5.33. The first-order valence-electron chi connectivity index (χ1n) is 7.91. The fourth-order valence-corrected chi connectivity index (χ4v) is 3.04. The maximum atomic E-state index is 13.9. The number of piperazine rings is 1. The fraction of sp³-hybridized carbons (Fsp3) is 0.647. The average Bonchev–Trinajstić information content (AvgIpc) is 2.47. The molecule has 1 aliphatic heterocycles. The molecule has 2 nitrogen and oxygen atoms in total. The zero-order chi connectivity index (χ0) is 15.5. The lowest BCUT2D eigenvalue weighted by Gasteiger charge is -2.48. The summed E-state index contributed by atoms with van der Waals surface area (Å²) in [6, 6.07) is 4.16. The van der Waals surface area contributed by atoms with Crippen LogP contribution in [0.2, 0.25) is 0 Å². The summed E-state index contributed by atoms with van der Waals surface area (Å²) < 4.78 is 27.3. The van der Waals surface area contributed by atoms with E-state index in [-0.39, 0.29) is 17.2 Å². The van der Waals surface area contributed by atoms with Crippen molar-refractivity contribution in [3.05, 3.63) is 35.4 Å². The number of halogens is 2. The number of benzene rings is 1. The highest BCUT2D eigenvalue weighted by molar-refractivity contribution is 5.19. The highest BCUT2D eigenvalue weighted by Crippen LogP contribution is 2.27. The van der Waals surface area contributed by atoms with Crippen LogP contribution in [0.15, 0.2) is 18.2 Å². The van der Waals surface area contributed by atoms with Gasteiger partial charge < -0.3 is 5.32 Å². The molecule has 4 heteroatoms. The first-order valence-corrected chi connectivity index (χ1v) is 7.91. The van der Waals surface area contributed by atoms with Gasteiger partial charge in [0.2, 0.25) is 0 Å². The van der Waals surface area contributed by atoms with Gasteiger partial charge in [0.25, 0.3) is 0 Å². The molecule has 2 atom stereocenters. The van der Waals surface area contributed by atoms with E-state index in [1.807, 2.05) is 0 Å². The van der Waals surface area contributed by atoms with Crippen LogP contribution in [0.4, 0.5) is 8.78 Å². The van der Waals surface area contributed by atoms with Gasteiger partial charge in [0.05, 0.1) is 0 Å². The Balaban J connectivity index is 2.18. The summed E-state index contributed by atoms with van der Waals surface area (Å²) in [6.45, 7) is 8.76. The summed E-state index contributed by atoms with van der Waals surface area (Å²) in [5, 5.41) is 3.59. The van der Waals surface area contributed by atoms with Gasteiger partial charge >= 0.3 is 0 Å². The van der Waals surface area contributed by atoms with E-state index in [1.54, 1.807) is 0 Å². The standard InChI is InChI=1S/C17H26F2N2/c1-4-6-15-11-21(17(3,5-2)12-20-15)10-13-9-14(18)7-8-16(13)19/h7-9,15,20H,4-6,10-12H2,1-3H3. The lowest BCUT2D eigenvalue weighted by atomic mass is 9.90. The summed E-state index contributed by atoms with van der Waals surface area (Å²) in [6.07, 6.45) is 3.22. The third kappa shape index (κ3) is 3.80. The van der Waals surface area contributed by atoms with Crippen molar-refractivity contribution >= 4 is 0 Å². The zero-order valence-corrected chi connectivity index (χ0v) is 13.3. The molecule has 1 saturated heterocycles. The molecule has 21 heavy (non-hydrogen) atoms. The largest absolute Gasteiger partial charge is 0.311 e. The lowest BCUT2D eigenvalue weighted by Crippen LogP contribution is -2.62. The maximum absolute atomic E-state index is 13.9. The van der Waals surface area contributed by atoms with Crippen molar-refractivity contribution in [3.8, 4) is 0 Å². The molecule has 1 heterocycles. The van der Waals surface area contributed by atoms with Crippen LogP contribution in [0, 0.1) is 11.6 Å². The van der Waals surface area contributed by atoms with Gasteiger partial charge in [-0.15, -0.1) is 0 Å². The van der Waals surface area contributed by atoms with E-state index in [0.717, 1.165) is 32.4 Å². The maximum Gasteiger partial charge on any atom is 0.127 e. The molecule has 0 saturated carbocycles. The molecule has 0 radical (unpaired) electrons. The van der Waals surface area contributed by atoms with Crippen molar-refractivity contribution < 1.29 is 8.78 Å². The molecular formula is C17H26F2N2. The van der Waals surface area contributed by atoms with Crippen molar-refractivity contribution in [3.63, 3.8) is 0 Å². The molecular weight excluding hydrogens is 270 g/mol. The lowest BCUT2D eigenvalue weighted by molar-refractivity contribution is 0.0387. The second-order valence-corrected chi connectivity index (χ2v) is 6.33. The van der Waals surface area contributed by atoms with Gasteiger partial charge in [-0.25, -0.2) is 8.78 Å². The van der Waals surface area contributed by atoms with Gasteiger partial charge in [0.15, 0.2) is 0 Å². The summed E-state index contributed by atoms with van der Waals surface area (Å²) in [5.41, 5.74) is 0.440. The van der Waals surface area contributed by atoms with Crippen LogP contribution in [-0.4, -0.2) is 29.6 Å². The molecule has 2 rings (SSSR count). The molecule has 1 N–H and O–H groups in total. The smallest absolute Gasteiger partial charge is 0.127 e. The van der Waals surface area contributed by atoms with Crippen LogP contribution in [0.1, 0.15) is 45.6 Å². The van der Waals surface area contributed by atoms with Crippen LogP contribution in [-0.2, 0) is 6.54 Å². The van der Waals surface area contributed by atoms with Crippen molar-refractivity contribution in [2.45, 2.75) is 58.2 Å². The van der Waals surface area contributed by atoms with Crippen molar-refractivity contribution in [1.82, 2.24) is 10.2 Å². The fourth-order valence-electron chi connectivity index (χ4n) is 3.04. The van der Waals surface area contributed by atoms with Gasteiger partial charge in [-0.1, -0.05) is 20.3 Å². The average molecular weight is 296 g/mol. The van der Waals surface area contributed by atoms with Gasteiger partial charge in [-0.05, 0) is 38.0 Å². The van der Waals surface area contributed by atoms with E-state index in [1.165, 1.54) is 18.2 Å². The van der Waals surface area contributed by atoms with Crippen molar-refractivity contribution in [1.29, 1.82) is 0 Å². The molecule has 2 unspecified atom stereocenters. The summed E-state index contributed by atoms with van der Waals surface area (Å²) in [5.74, 6) is -0.690. The Labute approximate surface area is 126 Å². The minimum Gasteiger partial charge on any atom is -0.311 e. The van der Waals surface area contributed by atoms with E-state index in [0.29, 0.717) is 18.2 Å². The number of rotatable bonds is 5. The number of hydrogen-bond donors (Lipinski definition) is 1. The van der Waals surface area contributed by atoms with Crippen molar-refractivity contribution in [2.24, 2.45) is 0 Å². The quantitative estimate of drug-likeness (QED) is 0.891. The van der Waals surface area contributed by atoms with Crippen LogP contribution in [0.5, 0.6) is 0 Å². The van der Waals surface area contributed by atoms with E-state index >= 15 is 0 Å². The minimum atomic E-state index is -0.371. The Hall–Kier alpha value is -1.00. The van der Waals surface area contributed by atoms with E-state index in [4.69, 9.17) is 0 Å². The van der Waals surface area contributed by atoms with Crippen LogP contribution in [0.3, 0.4) is 0 Å². The predicted molar refractivity (Wildman–Crippen MR) is 82.2 cm³/mol. The molecule has 0 aliphatic carbocycles. The molecule has 0 spiro atoms. The van der Waals surface area contributed by atoms with E-state index < -0.39 is 0 Å². The topological polar surface area (TPSA) is 15.3 Å². The number of hydrogen-bond acceptors (Lipinski definition) is 2. The van der Waals surface area contributed by atoms with E-state index in [9.17, 15) is 8.78 Å². The van der Waals surface area contributed by atoms with Gasteiger partial charge in [-0.2, -0.15) is 0 Å². The molecule has 0 aromatic heterocycles. The molecule has 1 fully saturated rings. The molecule has 0 amide bonds. The summed E-state index contributed by atoms with van der Waals surface area (Å²) >= 11 is 0. The number of nitrogens with one attached hydrogen (secondary N) is 1.